The molecule has 3 rings (SSSR count). The molecule has 0 bridgehead atoms. The minimum atomic E-state index is -4.93. The molecule has 2 amide bonds. The third kappa shape index (κ3) is 4.72. The molecule has 1 aromatic heterocycles. The van der Waals surface area contributed by atoms with Crippen LogP contribution in [0.4, 0.5) is 13.2 Å². The molecule has 1 saturated heterocycles. The van der Waals surface area contributed by atoms with Gasteiger partial charge in [0, 0.05) is 17.5 Å². The molecule has 30 heavy (non-hydrogen) atoms. The van der Waals surface area contributed by atoms with Crippen LogP contribution in [-0.2, 0) is 4.79 Å². The van der Waals surface area contributed by atoms with E-state index in [1.165, 1.54) is 28.8 Å². The number of H-pyrrole nitrogens is 1. The van der Waals surface area contributed by atoms with Crippen LogP contribution >= 0.6 is 11.8 Å². The summed E-state index contributed by atoms with van der Waals surface area (Å²) in [5.74, 6) is -0.980. The summed E-state index contributed by atoms with van der Waals surface area (Å²) in [7, 11) is 0. The van der Waals surface area contributed by atoms with Crippen molar-refractivity contribution in [3.63, 3.8) is 0 Å². The predicted molar refractivity (Wildman–Crippen MR) is 106 cm³/mol. The number of thioether (sulfide) groups is 1. The number of para-hydroxylation sites is 1. The number of aromatic nitrogens is 1. The molecule has 0 unspecified atom stereocenters. The van der Waals surface area contributed by atoms with Gasteiger partial charge in [-0.25, -0.2) is 0 Å². The number of pyridine rings is 1. The summed E-state index contributed by atoms with van der Waals surface area (Å²) in [6.07, 6.45) is -3.88. The Kier molecular flexibility index (Phi) is 5.76. The lowest BCUT2D eigenvalue weighted by atomic mass is 10.1. The second kappa shape index (κ2) is 7.86. The first kappa shape index (κ1) is 22.0. The average molecular weight is 443 g/mol. The second-order valence-electron chi connectivity index (χ2n) is 7.79. The first-order valence-corrected chi connectivity index (χ1v) is 10.1. The van der Waals surface area contributed by atoms with Crippen molar-refractivity contribution < 1.29 is 27.5 Å². The average Bonchev–Trinajstić information content (AvgIpc) is 3.09. The third-order valence-electron chi connectivity index (χ3n) is 4.28. The highest BCUT2D eigenvalue weighted by atomic mass is 32.2. The van der Waals surface area contributed by atoms with E-state index in [1.54, 1.807) is 0 Å². The molecule has 162 valence electrons. The second-order valence-corrected chi connectivity index (χ2v) is 8.79. The van der Waals surface area contributed by atoms with Gasteiger partial charge in [0.1, 0.15) is 11.6 Å². The third-order valence-corrected chi connectivity index (χ3v) is 5.29. The number of halogens is 3. The number of fused-ring (bicyclic) bond motifs is 1. The molecule has 1 aliphatic heterocycles. The minimum absolute atomic E-state index is 0.120. The van der Waals surface area contributed by atoms with Crippen LogP contribution < -0.4 is 15.5 Å². The number of benzene rings is 1. The van der Waals surface area contributed by atoms with E-state index in [2.05, 4.69) is 15.0 Å². The SMILES string of the molecule is CC(C)(C)NC(=O)[C@H]1CSCN1C(=O)c1c[nH]c2c(OC(F)(F)F)cccc2c1=O. The van der Waals surface area contributed by atoms with Crippen molar-refractivity contribution in [2.45, 2.75) is 38.7 Å². The Labute approximate surface area is 174 Å². The smallest absolute Gasteiger partial charge is 0.404 e. The van der Waals surface area contributed by atoms with Gasteiger partial charge in [0.05, 0.1) is 16.8 Å². The van der Waals surface area contributed by atoms with Crippen LogP contribution in [0.3, 0.4) is 0 Å². The first-order chi connectivity index (χ1) is 13.9. The van der Waals surface area contributed by atoms with Crippen LogP contribution in [0.5, 0.6) is 5.75 Å². The summed E-state index contributed by atoms with van der Waals surface area (Å²) >= 11 is 1.37. The number of ether oxygens (including phenoxy) is 1. The van der Waals surface area contributed by atoms with Crippen molar-refractivity contribution in [3.8, 4) is 5.75 Å². The van der Waals surface area contributed by atoms with Crippen molar-refractivity contribution in [2.75, 3.05) is 11.6 Å². The summed E-state index contributed by atoms with van der Waals surface area (Å²) in [6, 6.07) is 2.85. The Morgan fingerprint density at radius 2 is 1.97 bits per heavy atom. The maximum absolute atomic E-state index is 13.0. The predicted octanol–water partition coefficient (Wildman–Crippen LogP) is 2.86. The van der Waals surface area contributed by atoms with E-state index >= 15 is 0 Å². The fourth-order valence-corrected chi connectivity index (χ4v) is 4.21. The van der Waals surface area contributed by atoms with Crippen molar-refractivity contribution in [1.29, 1.82) is 0 Å². The minimum Gasteiger partial charge on any atom is -0.404 e. The summed E-state index contributed by atoms with van der Waals surface area (Å²) in [5.41, 5.74) is -1.67. The van der Waals surface area contributed by atoms with E-state index in [1.807, 2.05) is 20.8 Å². The molecule has 0 aliphatic carbocycles. The fourth-order valence-electron chi connectivity index (χ4n) is 3.06. The van der Waals surface area contributed by atoms with E-state index in [0.717, 1.165) is 12.3 Å². The number of nitrogens with zero attached hydrogens (tertiary/aromatic N) is 1. The van der Waals surface area contributed by atoms with Gasteiger partial charge < -0.3 is 19.9 Å². The zero-order valence-electron chi connectivity index (χ0n) is 16.4. The molecule has 0 saturated carbocycles. The number of carbonyl (C=O) groups is 2. The number of amides is 2. The molecule has 7 nitrogen and oxygen atoms in total. The van der Waals surface area contributed by atoms with Gasteiger partial charge in [-0.15, -0.1) is 24.9 Å². The maximum atomic E-state index is 13.0. The summed E-state index contributed by atoms with van der Waals surface area (Å²) in [5, 5.41) is 2.70. The Bertz CT molecular complexity index is 1050. The molecule has 2 aromatic rings. The molecule has 0 spiro atoms. The van der Waals surface area contributed by atoms with E-state index in [4.69, 9.17) is 0 Å². The number of rotatable bonds is 3. The number of nitrogens with one attached hydrogen (secondary N) is 2. The molecule has 11 heteroatoms. The molecule has 1 fully saturated rings. The number of hydrogen-bond donors (Lipinski definition) is 2. The van der Waals surface area contributed by atoms with Gasteiger partial charge in [0.25, 0.3) is 5.91 Å². The van der Waals surface area contributed by atoms with Crippen LogP contribution in [0.25, 0.3) is 10.9 Å². The number of alkyl halides is 3. The molecule has 2 heterocycles. The highest BCUT2D eigenvalue weighted by Crippen LogP contribution is 2.29. The molecule has 1 aromatic carbocycles. The monoisotopic (exact) mass is 443 g/mol. The highest BCUT2D eigenvalue weighted by molar-refractivity contribution is 7.99. The van der Waals surface area contributed by atoms with Crippen LogP contribution in [0.2, 0.25) is 0 Å². The first-order valence-electron chi connectivity index (χ1n) is 8.98. The van der Waals surface area contributed by atoms with Crippen molar-refractivity contribution in [3.05, 3.63) is 40.2 Å². The largest absolute Gasteiger partial charge is 0.573 e. The molecular formula is C19H20F3N3O4S. The zero-order valence-corrected chi connectivity index (χ0v) is 17.2. The van der Waals surface area contributed by atoms with E-state index in [9.17, 15) is 27.6 Å². The lowest BCUT2D eigenvalue weighted by Gasteiger charge is -2.27. The standard InChI is InChI=1S/C19H20F3N3O4S/c1-18(2,3)24-16(27)12-8-30-9-25(12)17(28)11-7-23-14-10(15(11)26)5-4-6-13(14)29-19(20,21)22/h4-7,12H,8-9H2,1-3H3,(H,23,26)(H,24,27)/t12-/m1/s1. The Balaban J connectivity index is 1.95. The van der Waals surface area contributed by atoms with Crippen LogP contribution in [0.1, 0.15) is 31.1 Å². The van der Waals surface area contributed by atoms with Gasteiger partial charge in [-0.2, -0.15) is 0 Å². The van der Waals surface area contributed by atoms with Crippen LogP contribution in [0, 0.1) is 0 Å². The Morgan fingerprint density at radius 1 is 1.27 bits per heavy atom. The zero-order chi connectivity index (χ0) is 22.3. The lowest BCUT2D eigenvalue weighted by molar-refractivity contribution is -0.274. The van der Waals surface area contributed by atoms with Gasteiger partial charge in [-0.05, 0) is 32.9 Å². The van der Waals surface area contributed by atoms with Crippen molar-refractivity contribution in [2.24, 2.45) is 0 Å². The van der Waals surface area contributed by atoms with E-state index in [0.29, 0.717) is 5.75 Å². The van der Waals surface area contributed by atoms with Gasteiger partial charge in [0.15, 0.2) is 5.75 Å². The van der Waals surface area contributed by atoms with E-state index in [-0.39, 0.29) is 28.3 Å². The molecule has 0 radical (unpaired) electrons. The molecule has 1 atom stereocenters. The molecule has 1 aliphatic rings. The van der Waals surface area contributed by atoms with Gasteiger partial charge in [0.2, 0.25) is 11.3 Å². The molecule has 2 N–H and O–H groups in total. The Hall–Kier alpha value is -2.69. The number of carbonyl (C=O) groups excluding carboxylic acids is 2. The summed E-state index contributed by atoms with van der Waals surface area (Å²) < 4.78 is 41.8. The summed E-state index contributed by atoms with van der Waals surface area (Å²) in [4.78, 5) is 42.2. The quantitative estimate of drug-likeness (QED) is 0.761. The van der Waals surface area contributed by atoms with Crippen molar-refractivity contribution >= 4 is 34.5 Å². The van der Waals surface area contributed by atoms with Gasteiger partial charge in [-0.1, -0.05) is 6.07 Å². The van der Waals surface area contributed by atoms with Gasteiger partial charge >= 0.3 is 6.36 Å². The topological polar surface area (TPSA) is 91.5 Å². The fraction of sp³-hybridized carbons (Fsp3) is 0.421. The van der Waals surface area contributed by atoms with Crippen molar-refractivity contribution in [1.82, 2.24) is 15.2 Å². The Morgan fingerprint density at radius 3 is 2.60 bits per heavy atom. The lowest BCUT2D eigenvalue weighted by Crippen LogP contribution is -2.52. The molecular weight excluding hydrogens is 423 g/mol. The van der Waals surface area contributed by atoms with Crippen LogP contribution in [-0.4, -0.2) is 51.3 Å². The highest BCUT2D eigenvalue weighted by Gasteiger charge is 2.37. The normalized spacial score (nSPS) is 17.3. The van der Waals surface area contributed by atoms with Crippen LogP contribution in [0.15, 0.2) is 29.2 Å². The maximum Gasteiger partial charge on any atom is 0.573 e. The number of hydrogen-bond acceptors (Lipinski definition) is 5. The van der Waals surface area contributed by atoms with E-state index < -0.39 is 35.0 Å². The summed E-state index contributed by atoms with van der Waals surface area (Å²) in [6.45, 7) is 5.44. The van der Waals surface area contributed by atoms with Gasteiger partial charge in [-0.3, -0.25) is 14.4 Å². The number of aromatic amines is 1.